The van der Waals surface area contributed by atoms with Crippen LogP contribution in [0.25, 0.3) is 0 Å². The van der Waals surface area contributed by atoms with E-state index in [0.29, 0.717) is 10.6 Å². The van der Waals surface area contributed by atoms with Crippen molar-refractivity contribution in [1.82, 2.24) is 15.5 Å². The zero-order valence-corrected chi connectivity index (χ0v) is 19.2. The molecule has 1 aromatic rings. The largest absolute Gasteiger partial charge is 0.495 e. The Morgan fingerprint density at radius 1 is 1.12 bits per heavy atom. The van der Waals surface area contributed by atoms with Crippen LogP contribution in [0.5, 0.6) is 5.75 Å². The average Bonchev–Trinajstić information content (AvgIpc) is 2.89. The van der Waals surface area contributed by atoms with Crippen LogP contribution >= 0.6 is 0 Å². The molecule has 1 aliphatic heterocycles. The van der Waals surface area contributed by atoms with Gasteiger partial charge in [-0.3, -0.25) is 14.4 Å². The van der Waals surface area contributed by atoms with Gasteiger partial charge in [-0.05, 0) is 32.0 Å². The maximum atomic E-state index is 13.3. The van der Waals surface area contributed by atoms with E-state index in [0.717, 1.165) is 0 Å². The van der Waals surface area contributed by atoms with Gasteiger partial charge in [-0.2, -0.15) is 0 Å². The number of anilines is 2. The van der Waals surface area contributed by atoms with Crippen molar-refractivity contribution in [2.24, 2.45) is 5.41 Å². The molecule has 0 aliphatic carbocycles. The summed E-state index contributed by atoms with van der Waals surface area (Å²) in [5, 5.41) is 10.0. The van der Waals surface area contributed by atoms with Crippen LogP contribution in [0.2, 0.25) is 0 Å². The summed E-state index contributed by atoms with van der Waals surface area (Å²) in [7, 11) is 2.83. The Kier molecular flexibility index (Phi) is 6.82. The highest BCUT2D eigenvalue weighted by Crippen LogP contribution is 2.30. The van der Waals surface area contributed by atoms with Crippen LogP contribution in [0.3, 0.4) is 0 Å². The zero-order valence-electron chi connectivity index (χ0n) is 19.2. The molecule has 174 valence electrons. The predicted molar refractivity (Wildman–Crippen MR) is 117 cm³/mol. The van der Waals surface area contributed by atoms with Gasteiger partial charge in [-0.1, -0.05) is 20.8 Å². The highest BCUT2D eigenvalue weighted by Gasteiger charge is 2.53. The molecule has 1 fully saturated rings. The molecular weight excluding hydrogens is 418 g/mol. The van der Waals surface area contributed by atoms with Crippen LogP contribution in [-0.2, 0) is 14.4 Å². The quantitative estimate of drug-likeness (QED) is 0.386. The third-order valence-electron chi connectivity index (χ3n) is 4.83. The van der Waals surface area contributed by atoms with Crippen molar-refractivity contribution in [2.75, 3.05) is 24.8 Å². The molecule has 0 aromatic heterocycles. The predicted octanol–water partition coefficient (Wildman–Crippen LogP) is 1.70. The topological polar surface area (TPSA) is 146 Å². The van der Waals surface area contributed by atoms with Crippen LogP contribution in [0.1, 0.15) is 34.6 Å². The fourth-order valence-electron chi connectivity index (χ4n) is 3.05. The summed E-state index contributed by atoms with van der Waals surface area (Å²) in [5.74, 6) is -1.95. The number of carbonyl (C=O) groups excluding carboxylic acids is 5. The summed E-state index contributed by atoms with van der Waals surface area (Å²) in [5.41, 5.74) is -1.80. The minimum atomic E-state index is -1.70. The van der Waals surface area contributed by atoms with Crippen LogP contribution in [0, 0.1) is 5.41 Å². The number of hydrogen-bond acceptors (Lipinski definition) is 6. The van der Waals surface area contributed by atoms with Gasteiger partial charge >= 0.3 is 12.1 Å². The summed E-state index contributed by atoms with van der Waals surface area (Å²) in [4.78, 5) is 64.1. The maximum absolute atomic E-state index is 13.3. The van der Waals surface area contributed by atoms with Crippen LogP contribution in [0.15, 0.2) is 18.2 Å². The molecule has 11 nitrogen and oxygen atoms in total. The first-order chi connectivity index (χ1) is 14.7. The van der Waals surface area contributed by atoms with E-state index in [1.165, 1.54) is 40.1 Å². The van der Waals surface area contributed by atoms with Crippen molar-refractivity contribution in [3.05, 3.63) is 18.2 Å². The first-order valence-corrected chi connectivity index (χ1v) is 9.90. The number of methoxy groups -OCH3 is 1. The second-order valence-electron chi connectivity index (χ2n) is 8.86. The Morgan fingerprint density at radius 2 is 1.75 bits per heavy atom. The Morgan fingerprint density at radius 3 is 2.22 bits per heavy atom. The molecule has 1 aliphatic rings. The molecule has 1 aromatic carbocycles. The number of amides is 6. The first-order valence-electron chi connectivity index (χ1n) is 9.90. The standard InChI is InChI=1S/C21H29N5O6/c1-20(2,3)15(27)14(26-17(29)21(4,5)25-19(26)31)16(28)24-12-10-11(23-18(30)22-6)8-9-13(12)32-7/h8-10,14H,1-7H3,(H,24,28)(H,25,31)(H2,22,23,30). The maximum Gasteiger partial charge on any atom is 0.326 e. The molecule has 6 amide bonds. The molecular formula is C21H29N5O6. The molecule has 4 N–H and O–H groups in total. The van der Waals surface area contributed by atoms with Gasteiger partial charge in [-0.15, -0.1) is 0 Å². The van der Waals surface area contributed by atoms with Gasteiger partial charge < -0.3 is 26.0 Å². The van der Waals surface area contributed by atoms with E-state index in [1.807, 2.05) is 0 Å². The molecule has 1 unspecified atom stereocenters. The van der Waals surface area contributed by atoms with E-state index >= 15 is 0 Å². The molecule has 1 saturated heterocycles. The highest BCUT2D eigenvalue weighted by molar-refractivity contribution is 6.20. The van der Waals surface area contributed by atoms with Gasteiger partial charge in [0.1, 0.15) is 11.3 Å². The van der Waals surface area contributed by atoms with E-state index in [1.54, 1.807) is 26.8 Å². The molecule has 32 heavy (non-hydrogen) atoms. The number of urea groups is 2. The van der Waals surface area contributed by atoms with Crippen molar-refractivity contribution >= 4 is 41.0 Å². The second-order valence-corrected chi connectivity index (χ2v) is 8.86. The average molecular weight is 447 g/mol. The van der Waals surface area contributed by atoms with Crippen molar-refractivity contribution in [3.8, 4) is 5.75 Å². The van der Waals surface area contributed by atoms with Crippen LogP contribution < -0.4 is 26.0 Å². The summed E-state index contributed by atoms with van der Waals surface area (Å²) in [6, 6.07) is 1.49. The Bertz CT molecular complexity index is 966. The van der Waals surface area contributed by atoms with Gasteiger partial charge in [0.2, 0.25) is 0 Å². The minimum absolute atomic E-state index is 0.143. The van der Waals surface area contributed by atoms with Gasteiger partial charge in [0.05, 0.1) is 12.8 Å². The SMILES string of the molecule is CNC(=O)Nc1ccc(OC)c(NC(=O)C(C(=O)C(C)(C)C)N2C(=O)NC(C)(C)C2=O)c1. The van der Waals surface area contributed by atoms with Crippen molar-refractivity contribution in [2.45, 2.75) is 46.2 Å². The number of carbonyl (C=O) groups is 5. The van der Waals surface area contributed by atoms with E-state index < -0.39 is 46.7 Å². The number of ether oxygens (including phenoxy) is 1. The van der Waals surface area contributed by atoms with Gasteiger partial charge in [0, 0.05) is 18.2 Å². The van der Waals surface area contributed by atoms with Gasteiger partial charge in [0.25, 0.3) is 11.8 Å². The van der Waals surface area contributed by atoms with E-state index in [9.17, 15) is 24.0 Å². The molecule has 1 heterocycles. The van der Waals surface area contributed by atoms with E-state index in [4.69, 9.17) is 4.74 Å². The third-order valence-corrected chi connectivity index (χ3v) is 4.83. The van der Waals surface area contributed by atoms with E-state index in [2.05, 4.69) is 21.3 Å². The molecule has 0 radical (unpaired) electrons. The lowest BCUT2D eigenvalue weighted by molar-refractivity contribution is -0.144. The molecule has 11 heteroatoms. The molecule has 0 saturated carbocycles. The fourth-order valence-corrected chi connectivity index (χ4v) is 3.05. The smallest absolute Gasteiger partial charge is 0.326 e. The van der Waals surface area contributed by atoms with Gasteiger partial charge in [0.15, 0.2) is 11.8 Å². The number of benzene rings is 1. The number of ketones is 1. The number of nitrogens with zero attached hydrogens (tertiary/aromatic N) is 1. The van der Waals surface area contributed by atoms with Crippen molar-refractivity contribution in [3.63, 3.8) is 0 Å². The highest BCUT2D eigenvalue weighted by atomic mass is 16.5. The molecule has 1 atom stereocenters. The zero-order chi connectivity index (χ0) is 24.4. The van der Waals surface area contributed by atoms with Crippen LogP contribution in [0.4, 0.5) is 21.0 Å². The molecule has 0 bridgehead atoms. The van der Waals surface area contributed by atoms with E-state index in [-0.39, 0.29) is 11.4 Å². The number of hydrogen-bond donors (Lipinski definition) is 4. The fraction of sp³-hybridized carbons (Fsp3) is 0.476. The van der Waals surface area contributed by atoms with Crippen LogP contribution in [-0.4, -0.2) is 60.3 Å². The van der Waals surface area contributed by atoms with Crippen molar-refractivity contribution in [1.29, 1.82) is 0 Å². The number of nitrogens with one attached hydrogen (secondary N) is 4. The third kappa shape index (κ3) is 4.98. The minimum Gasteiger partial charge on any atom is -0.495 e. The lowest BCUT2D eigenvalue weighted by Gasteiger charge is -2.29. The monoisotopic (exact) mass is 447 g/mol. The number of imide groups is 1. The Hall–Kier alpha value is -3.63. The molecule has 0 spiro atoms. The summed E-state index contributed by atoms with van der Waals surface area (Å²) < 4.78 is 5.25. The normalized spacial score (nSPS) is 16.2. The summed E-state index contributed by atoms with van der Waals surface area (Å²) >= 11 is 0. The van der Waals surface area contributed by atoms with Gasteiger partial charge in [-0.25, -0.2) is 14.5 Å². The molecule has 2 rings (SSSR count). The Labute approximate surface area is 186 Å². The summed E-state index contributed by atoms with van der Waals surface area (Å²) in [6.07, 6.45) is 0. The first kappa shape index (κ1) is 24.6. The number of Topliss-reactive ketones (excluding diaryl/α,β-unsaturated/α-hetero) is 1. The lowest BCUT2D eigenvalue weighted by atomic mass is 9.85. The second kappa shape index (κ2) is 8.85. The summed E-state index contributed by atoms with van der Waals surface area (Å²) in [6.45, 7) is 7.75. The number of rotatable bonds is 6. The van der Waals surface area contributed by atoms with Crippen molar-refractivity contribution < 1.29 is 28.7 Å². The lowest BCUT2D eigenvalue weighted by Crippen LogP contribution is -2.55. The Balaban J connectivity index is 2.46.